The standard InChI is InChI=1S/C16H24N2O2/c1-16(20-2)8-3-9-18(12-16)15(19)10-13-4-6-14(11-17)7-5-13/h4-7H,3,8-12,17H2,1-2H3. The number of nitrogens with two attached hydrogens (primary N) is 1. The second-order valence-corrected chi connectivity index (χ2v) is 5.77. The minimum Gasteiger partial charge on any atom is -0.377 e. The monoisotopic (exact) mass is 276 g/mol. The molecule has 1 fully saturated rings. The van der Waals surface area contributed by atoms with Crippen LogP contribution in [0.25, 0.3) is 0 Å². The first-order valence-corrected chi connectivity index (χ1v) is 7.17. The first-order chi connectivity index (χ1) is 9.56. The van der Waals surface area contributed by atoms with Gasteiger partial charge in [-0.25, -0.2) is 0 Å². The molecule has 1 aliphatic rings. The largest absolute Gasteiger partial charge is 0.377 e. The van der Waals surface area contributed by atoms with Crippen LogP contribution >= 0.6 is 0 Å². The van der Waals surface area contributed by atoms with Crippen LogP contribution in [-0.4, -0.2) is 36.6 Å². The molecule has 1 saturated heterocycles. The Morgan fingerprint density at radius 2 is 2.00 bits per heavy atom. The van der Waals surface area contributed by atoms with Gasteiger partial charge in [0, 0.05) is 26.7 Å². The van der Waals surface area contributed by atoms with E-state index in [4.69, 9.17) is 10.5 Å². The molecule has 110 valence electrons. The molecular formula is C16H24N2O2. The maximum absolute atomic E-state index is 12.4. The van der Waals surface area contributed by atoms with Crippen LogP contribution < -0.4 is 5.73 Å². The highest BCUT2D eigenvalue weighted by Crippen LogP contribution is 2.24. The van der Waals surface area contributed by atoms with Gasteiger partial charge in [0.15, 0.2) is 0 Å². The fraction of sp³-hybridized carbons (Fsp3) is 0.562. The number of hydrogen-bond acceptors (Lipinski definition) is 3. The van der Waals surface area contributed by atoms with Crippen LogP contribution in [0.3, 0.4) is 0 Å². The van der Waals surface area contributed by atoms with E-state index < -0.39 is 0 Å². The van der Waals surface area contributed by atoms with Crippen molar-refractivity contribution in [3.05, 3.63) is 35.4 Å². The van der Waals surface area contributed by atoms with Crippen LogP contribution in [-0.2, 0) is 22.5 Å². The maximum Gasteiger partial charge on any atom is 0.227 e. The lowest BCUT2D eigenvalue weighted by molar-refractivity contribution is -0.138. The Bertz CT molecular complexity index is 458. The van der Waals surface area contributed by atoms with Gasteiger partial charge in [-0.2, -0.15) is 0 Å². The van der Waals surface area contributed by atoms with Crippen molar-refractivity contribution in [3.8, 4) is 0 Å². The highest BCUT2D eigenvalue weighted by Gasteiger charge is 2.32. The van der Waals surface area contributed by atoms with Crippen LogP contribution in [0, 0.1) is 0 Å². The molecule has 0 aliphatic carbocycles. The molecule has 1 aromatic carbocycles. The molecular weight excluding hydrogens is 252 g/mol. The normalized spacial score (nSPS) is 22.9. The molecule has 1 heterocycles. The Hall–Kier alpha value is -1.39. The number of piperidine rings is 1. The summed E-state index contributed by atoms with van der Waals surface area (Å²) in [7, 11) is 1.72. The molecule has 20 heavy (non-hydrogen) atoms. The smallest absolute Gasteiger partial charge is 0.227 e. The van der Waals surface area contributed by atoms with E-state index in [1.54, 1.807) is 7.11 Å². The number of rotatable bonds is 4. The molecule has 4 nitrogen and oxygen atoms in total. The van der Waals surface area contributed by atoms with Gasteiger partial charge in [-0.1, -0.05) is 24.3 Å². The van der Waals surface area contributed by atoms with Gasteiger partial charge in [-0.15, -0.1) is 0 Å². The summed E-state index contributed by atoms with van der Waals surface area (Å²) < 4.78 is 5.53. The number of benzene rings is 1. The first kappa shape index (κ1) is 15.0. The number of methoxy groups -OCH3 is 1. The van der Waals surface area contributed by atoms with Crippen LogP contribution in [0.4, 0.5) is 0 Å². The molecule has 0 radical (unpaired) electrons. The highest BCUT2D eigenvalue weighted by atomic mass is 16.5. The Morgan fingerprint density at radius 1 is 1.35 bits per heavy atom. The minimum absolute atomic E-state index is 0.175. The van der Waals surface area contributed by atoms with E-state index in [2.05, 4.69) is 6.92 Å². The highest BCUT2D eigenvalue weighted by molar-refractivity contribution is 5.79. The van der Waals surface area contributed by atoms with E-state index in [0.29, 0.717) is 19.5 Å². The van der Waals surface area contributed by atoms with Crippen LogP contribution in [0.2, 0.25) is 0 Å². The van der Waals surface area contributed by atoms with Crippen LogP contribution in [0.5, 0.6) is 0 Å². The fourth-order valence-corrected chi connectivity index (χ4v) is 2.66. The number of likely N-dealkylation sites (tertiary alicyclic amines) is 1. The number of amides is 1. The molecule has 0 saturated carbocycles. The molecule has 4 heteroatoms. The lowest BCUT2D eigenvalue weighted by atomic mass is 9.94. The van der Waals surface area contributed by atoms with Crippen LogP contribution in [0.1, 0.15) is 30.9 Å². The zero-order chi connectivity index (χ0) is 14.6. The van der Waals surface area contributed by atoms with E-state index in [0.717, 1.165) is 30.5 Å². The molecule has 2 N–H and O–H groups in total. The Labute approximate surface area is 120 Å². The molecule has 1 aliphatic heterocycles. The van der Waals surface area contributed by atoms with E-state index in [-0.39, 0.29) is 11.5 Å². The first-order valence-electron chi connectivity index (χ1n) is 7.17. The van der Waals surface area contributed by atoms with Gasteiger partial charge in [0.1, 0.15) is 0 Å². The van der Waals surface area contributed by atoms with Crippen molar-refractivity contribution in [2.45, 2.75) is 38.3 Å². The third-order valence-corrected chi connectivity index (χ3v) is 4.12. The lowest BCUT2D eigenvalue weighted by Crippen LogP contribution is -2.50. The van der Waals surface area contributed by atoms with E-state index in [9.17, 15) is 4.79 Å². The Morgan fingerprint density at radius 3 is 2.60 bits per heavy atom. The number of ether oxygens (including phenoxy) is 1. The molecule has 1 amide bonds. The zero-order valence-corrected chi connectivity index (χ0v) is 12.4. The van der Waals surface area contributed by atoms with Crippen molar-refractivity contribution < 1.29 is 9.53 Å². The van der Waals surface area contributed by atoms with Gasteiger partial charge < -0.3 is 15.4 Å². The van der Waals surface area contributed by atoms with Gasteiger partial charge in [0.05, 0.1) is 12.0 Å². The summed E-state index contributed by atoms with van der Waals surface area (Å²) in [6.07, 6.45) is 2.46. The molecule has 0 spiro atoms. The summed E-state index contributed by atoms with van der Waals surface area (Å²) in [6.45, 7) is 4.12. The Kier molecular flexibility index (Phi) is 4.78. The molecule has 2 rings (SSSR count). The van der Waals surface area contributed by atoms with Crippen molar-refractivity contribution in [3.63, 3.8) is 0 Å². The summed E-state index contributed by atoms with van der Waals surface area (Å²) in [5.41, 5.74) is 7.50. The predicted molar refractivity (Wildman–Crippen MR) is 79.3 cm³/mol. The van der Waals surface area contributed by atoms with Crippen molar-refractivity contribution in [2.75, 3.05) is 20.2 Å². The molecule has 1 atom stereocenters. The average Bonchev–Trinajstić information content (AvgIpc) is 2.48. The summed E-state index contributed by atoms with van der Waals surface area (Å²) in [5, 5.41) is 0. The number of nitrogens with zero attached hydrogens (tertiary/aromatic N) is 1. The third-order valence-electron chi connectivity index (χ3n) is 4.12. The van der Waals surface area contributed by atoms with Crippen molar-refractivity contribution in [1.29, 1.82) is 0 Å². The topological polar surface area (TPSA) is 55.6 Å². The quantitative estimate of drug-likeness (QED) is 0.911. The van der Waals surface area contributed by atoms with Gasteiger partial charge in [0.2, 0.25) is 5.91 Å². The van der Waals surface area contributed by atoms with Gasteiger partial charge >= 0.3 is 0 Å². The summed E-state index contributed by atoms with van der Waals surface area (Å²) in [5.74, 6) is 0.175. The third kappa shape index (κ3) is 3.58. The fourth-order valence-electron chi connectivity index (χ4n) is 2.66. The van der Waals surface area contributed by atoms with E-state index >= 15 is 0 Å². The maximum atomic E-state index is 12.4. The van der Waals surface area contributed by atoms with E-state index in [1.165, 1.54) is 0 Å². The summed E-state index contributed by atoms with van der Waals surface area (Å²) in [6, 6.07) is 7.94. The Balaban J connectivity index is 1.97. The molecule has 1 unspecified atom stereocenters. The number of carbonyl (C=O) groups is 1. The molecule has 0 aromatic heterocycles. The summed E-state index contributed by atoms with van der Waals surface area (Å²) >= 11 is 0. The van der Waals surface area contributed by atoms with Crippen molar-refractivity contribution in [1.82, 2.24) is 4.90 Å². The average molecular weight is 276 g/mol. The van der Waals surface area contributed by atoms with Crippen molar-refractivity contribution in [2.24, 2.45) is 5.73 Å². The predicted octanol–water partition coefficient (Wildman–Crippen LogP) is 1.72. The second-order valence-electron chi connectivity index (χ2n) is 5.77. The number of carbonyl (C=O) groups excluding carboxylic acids is 1. The molecule has 1 aromatic rings. The number of hydrogen-bond donors (Lipinski definition) is 1. The van der Waals surface area contributed by atoms with Gasteiger partial charge in [0.25, 0.3) is 0 Å². The zero-order valence-electron chi connectivity index (χ0n) is 12.4. The molecule has 0 bridgehead atoms. The van der Waals surface area contributed by atoms with Crippen molar-refractivity contribution >= 4 is 5.91 Å². The summed E-state index contributed by atoms with van der Waals surface area (Å²) in [4.78, 5) is 14.3. The van der Waals surface area contributed by atoms with Crippen LogP contribution in [0.15, 0.2) is 24.3 Å². The lowest BCUT2D eigenvalue weighted by Gasteiger charge is -2.39. The SMILES string of the molecule is COC1(C)CCCN(C(=O)Cc2ccc(CN)cc2)C1. The van der Waals surface area contributed by atoms with Gasteiger partial charge in [-0.3, -0.25) is 4.79 Å². The van der Waals surface area contributed by atoms with E-state index in [1.807, 2.05) is 29.2 Å². The minimum atomic E-state index is -0.197. The second kappa shape index (κ2) is 6.37. The van der Waals surface area contributed by atoms with Gasteiger partial charge in [-0.05, 0) is 30.9 Å².